The topological polar surface area (TPSA) is 64.2 Å². The summed E-state index contributed by atoms with van der Waals surface area (Å²) in [5.41, 5.74) is -1.32. The molecule has 136 valence electrons. The molecule has 0 bridgehead atoms. The first-order chi connectivity index (χ1) is 12.2. The minimum Gasteiger partial charge on any atom is -0.389 e. The minimum atomic E-state index is -1.21. The molecule has 0 amide bonds. The van der Waals surface area contributed by atoms with Gasteiger partial charge in [0.1, 0.15) is 5.82 Å². The average molecular weight is 421 g/mol. The van der Waals surface area contributed by atoms with E-state index in [2.05, 4.69) is 15.9 Å². The molecule has 0 atom stereocenters. The Labute approximate surface area is 157 Å². The normalized spacial score (nSPS) is 11.9. The van der Waals surface area contributed by atoms with Gasteiger partial charge in [-0.05, 0) is 49.7 Å². The van der Waals surface area contributed by atoms with E-state index in [-0.39, 0.29) is 24.0 Å². The highest BCUT2D eigenvalue weighted by atomic mass is 79.9. The summed E-state index contributed by atoms with van der Waals surface area (Å²) in [7, 11) is 0. The number of nitrogens with zero attached hydrogens (tertiary/aromatic N) is 2. The fraction of sp³-hybridized carbons (Fsp3) is 0.263. The summed E-state index contributed by atoms with van der Waals surface area (Å²) in [5, 5.41) is 10.4. The Bertz CT molecular complexity index is 1080. The molecular formula is C19H18BrFN2O3. The summed E-state index contributed by atoms with van der Waals surface area (Å²) in [6, 6.07) is 11.0. The Hall–Kier alpha value is -2.25. The molecule has 0 aliphatic heterocycles. The number of halogens is 2. The number of benzene rings is 2. The van der Waals surface area contributed by atoms with Crippen molar-refractivity contribution >= 4 is 26.8 Å². The Morgan fingerprint density at radius 2 is 1.73 bits per heavy atom. The lowest BCUT2D eigenvalue weighted by atomic mass is 10.1. The van der Waals surface area contributed by atoms with Crippen molar-refractivity contribution in [3.05, 3.63) is 79.2 Å². The van der Waals surface area contributed by atoms with Gasteiger partial charge in [-0.3, -0.25) is 13.9 Å². The Morgan fingerprint density at radius 1 is 1.08 bits per heavy atom. The molecule has 26 heavy (non-hydrogen) atoms. The van der Waals surface area contributed by atoms with Crippen LogP contribution in [0, 0.1) is 5.82 Å². The maximum absolute atomic E-state index is 13.7. The first-order valence-electron chi connectivity index (χ1n) is 8.05. The lowest BCUT2D eigenvalue weighted by Gasteiger charge is -2.21. The van der Waals surface area contributed by atoms with E-state index in [1.54, 1.807) is 13.8 Å². The Kier molecular flexibility index (Phi) is 4.86. The predicted octanol–water partition coefficient (Wildman–Crippen LogP) is 2.88. The summed E-state index contributed by atoms with van der Waals surface area (Å²) in [6.45, 7) is 3.13. The van der Waals surface area contributed by atoms with Gasteiger partial charge in [0.25, 0.3) is 5.56 Å². The van der Waals surface area contributed by atoms with Gasteiger partial charge in [-0.1, -0.05) is 28.1 Å². The molecule has 0 saturated carbocycles. The van der Waals surface area contributed by atoms with Crippen LogP contribution < -0.4 is 11.2 Å². The molecule has 1 N–H and O–H groups in total. The van der Waals surface area contributed by atoms with Gasteiger partial charge in [0.2, 0.25) is 0 Å². The lowest BCUT2D eigenvalue weighted by Crippen LogP contribution is -2.43. The monoisotopic (exact) mass is 420 g/mol. The van der Waals surface area contributed by atoms with E-state index in [0.717, 1.165) is 20.7 Å². The number of hydrogen-bond donors (Lipinski definition) is 1. The van der Waals surface area contributed by atoms with E-state index in [9.17, 15) is 19.1 Å². The Morgan fingerprint density at radius 3 is 2.35 bits per heavy atom. The number of aliphatic hydroxyl groups is 1. The van der Waals surface area contributed by atoms with Gasteiger partial charge in [-0.15, -0.1) is 0 Å². The molecule has 7 heteroatoms. The second-order valence-corrected chi connectivity index (χ2v) is 7.78. The van der Waals surface area contributed by atoms with Crippen LogP contribution in [0.4, 0.5) is 4.39 Å². The summed E-state index contributed by atoms with van der Waals surface area (Å²) in [5.74, 6) is -0.550. The zero-order valence-electron chi connectivity index (χ0n) is 14.4. The molecule has 3 rings (SSSR count). The van der Waals surface area contributed by atoms with E-state index in [4.69, 9.17) is 0 Å². The summed E-state index contributed by atoms with van der Waals surface area (Å²) in [4.78, 5) is 25.8. The van der Waals surface area contributed by atoms with E-state index in [1.807, 2.05) is 24.3 Å². The largest absolute Gasteiger partial charge is 0.389 e. The van der Waals surface area contributed by atoms with Crippen molar-refractivity contribution in [1.29, 1.82) is 0 Å². The van der Waals surface area contributed by atoms with Crippen molar-refractivity contribution in [3.63, 3.8) is 0 Å². The second-order valence-electron chi connectivity index (χ2n) is 6.86. The summed E-state index contributed by atoms with van der Waals surface area (Å²) in [6.07, 6.45) is 0. The smallest absolute Gasteiger partial charge is 0.331 e. The molecule has 0 aliphatic rings. The molecule has 5 nitrogen and oxygen atoms in total. The van der Waals surface area contributed by atoms with Gasteiger partial charge >= 0.3 is 5.69 Å². The molecule has 1 aromatic heterocycles. The number of fused-ring (bicyclic) bond motifs is 1. The fourth-order valence-corrected chi connectivity index (χ4v) is 3.11. The first-order valence-corrected chi connectivity index (χ1v) is 8.85. The van der Waals surface area contributed by atoms with E-state index >= 15 is 0 Å². The lowest BCUT2D eigenvalue weighted by molar-refractivity contribution is 0.0610. The van der Waals surface area contributed by atoms with Gasteiger partial charge < -0.3 is 5.11 Å². The molecule has 0 spiro atoms. The van der Waals surface area contributed by atoms with Crippen LogP contribution in [0.3, 0.4) is 0 Å². The van der Waals surface area contributed by atoms with Crippen molar-refractivity contribution < 1.29 is 9.50 Å². The van der Waals surface area contributed by atoms with Gasteiger partial charge in [0.05, 0.1) is 29.6 Å². The van der Waals surface area contributed by atoms with Crippen molar-refractivity contribution in [2.75, 3.05) is 0 Å². The number of aromatic nitrogens is 2. The van der Waals surface area contributed by atoms with Crippen LogP contribution in [0.5, 0.6) is 0 Å². The third kappa shape index (κ3) is 3.78. The molecule has 1 heterocycles. The maximum atomic E-state index is 13.7. The fourth-order valence-electron chi connectivity index (χ4n) is 2.84. The van der Waals surface area contributed by atoms with Gasteiger partial charge in [0, 0.05) is 4.47 Å². The molecular weight excluding hydrogens is 403 g/mol. The van der Waals surface area contributed by atoms with Crippen LogP contribution in [0.25, 0.3) is 10.9 Å². The molecule has 0 radical (unpaired) electrons. The van der Waals surface area contributed by atoms with Gasteiger partial charge in [-0.2, -0.15) is 0 Å². The molecule has 3 aromatic rings. The highest BCUT2D eigenvalue weighted by Crippen LogP contribution is 2.15. The van der Waals surface area contributed by atoms with Crippen LogP contribution >= 0.6 is 15.9 Å². The zero-order chi connectivity index (χ0) is 19.1. The summed E-state index contributed by atoms with van der Waals surface area (Å²) >= 11 is 3.35. The van der Waals surface area contributed by atoms with Crippen molar-refractivity contribution in [2.45, 2.75) is 32.5 Å². The first kappa shape index (κ1) is 18.5. The average Bonchev–Trinajstić information content (AvgIpc) is 2.56. The van der Waals surface area contributed by atoms with Crippen molar-refractivity contribution in [2.24, 2.45) is 0 Å². The molecule has 0 aliphatic carbocycles. The second kappa shape index (κ2) is 6.81. The third-order valence-electron chi connectivity index (χ3n) is 3.99. The SMILES string of the molecule is CC(C)(O)Cn1c(=O)n(Cc2ccc(Br)cc2)c(=O)c2ccc(F)cc21. The van der Waals surface area contributed by atoms with Crippen LogP contribution in [-0.2, 0) is 13.1 Å². The van der Waals surface area contributed by atoms with Crippen molar-refractivity contribution in [1.82, 2.24) is 9.13 Å². The van der Waals surface area contributed by atoms with Crippen LogP contribution in [0.15, 0.2) is 56.5 Å². The third-order valence-corrected chi connectivity index (χ3v) is 4.52. The van der Waals surface area contributed by atoms with Crippen LogP contribution in [0.2, 0.25) is 0 Å². The minimum absolute atomic E-state index is 0.0631. The highest BCUT2D eigenvalue weighted by Gasteiger charge is 2.20. The standard InChI is InChI=1S/C19H18BrFN2O3/c1-19(2,26)11-23-16-9-14(21)7-8-15(16)17(24)22(18(23)25)10-12-3-5-13(20)6-4-12/h3-9,26H,10-11H2,1-2H3. The molecule has 0 fully saturated rings. The quantitative estimate of drug-likeness (QED) is 0.705. The van der Waals surface area contributed by atoms with Gasteiger partial charge in [0.15, 0.2) is 0 Å². The highest BCUT2D eigenvalue weighted by molar-refractivity contribution is 9.10. The zero-order valence-corrected chi connectivity index (χ0v) is 16.0. The van der Waals surface area contributed by atoms with Crippen molar-refractivity contribution in [3.8, 4) is 0 Å². The van der Waals surface area contributed by atoms with E-state index < -0.39 is 22.7 Å². The van der Waals surface area contributed by atoms with E-state index in [0.29, 0.717) is 0 Å². The van der Waals surface area contributed by atoms with Gasteiger partial charge in [-0.25, -0.2) is 9.18 Å². The maximum Gasteiger partial charge on any atom is 0.331 e. The Balaban J connectivity index is 2.26. The van der Waals surface area contributed by atoms with Crippen LogP contribution in [0.1, 0.15) is 19.4 Å². The molecule has 2 aromatic carbocycles. The van der Waals surface area contributed by atoms with Crippen LogP contribution in [-0.4, -0.2) is 19.8 Å². The predicted molar refractivity (Wildman–Crippen MR) is 102 cm³/mol. The summed E-state index contributed by atoms with van der Waals surface area (Å²) < 4.78 is 17.0. The molecule has 0 unspecified atom stereocenters. The number of hydrogen-bond acceptors (Lipinski definition) is 3. The number of rotatable bonds is 4. The molecule has 0 saturated heterocycles. The van der Waals surface area contributed by atoms with E-state index in [1.165, 1.54) is 16.7 Å².